The molecule has 0 bridgehead atoms. The molecule has 1 atom stereocenters. The highest BCUT2D eigenvalue weighted by atomic mass is 79.9. The number of halogens is 1. The quantitative estimate of drug-likeness (QED) is 0.654. The summed E-state index contributed by atoms with van der Waals surface area (Å²) >= 11 is 5.20. The van der Waals surface area contributed by atoms with Gasteiger partial charge in [-0.15, -0.1) is 11.3 Å². The second-order valence-electron chi connectivity index (χ2n) is 4.53. The number of hydrogen-bond acceptors (Lipinski definition) is 5. The van der Waals surface area contributed by atoms with Crippen molar-refractivity contribution in [3.8, 4) is 11.5 Å². The Balaban J connectivity index is 1.81. The van der Waals surface area contributed by atoms with Gasteiger partial charge < -0.3 is 9.47 Å². The van der Waals surface area contributed by atoms with E-state index in [1.165, 1.54) is 4.88 Å². The van der Waals surface area contributed by atoms with Crippen molar-refractivity contribution in [2.24, 2.45) is 5.84 Å². The molecule has 106 valence electrons. The van der Waals surface area contributed by atoms with E-state index in [-0.39, 0.29) is 6.04 Å². The van der Waals surface area contributed by atoms with Crippen LogP contribution in [0.4, 0.5) is 0 Å². The molecule has 1 aliphatic rings. The molecular formula is C14H15BrN2O2S. The first-order valence-electron chi connectivity index (χ1n) is 6.36. The third kappa shape index (κ3) is 2.98. The summed E-state index contributed by atoms with van der Waals surface area (Å²) < 4.78 is 12.3. The number of nitrogens with two attached hydrogens (primary N) is 1. The topological polar surface area (TPSA) is 56.5 Å². The van der Waals surface area contributed by atoms with Crippen LogP contribution in [0.25, 0.3) is 0 Å². The van der Waals surface area contributed by atoms with Crippen molar-refractivity contribution in [1.29, 1.82) is 0 Å². The van der Waals surface area contributed by atoms with Gasteiger partial charge in [-0.2, -0.15) is 0 Å². The predicted octanol–water partition coefficient (Wildman–Crippen LogP) is 3.03. The van der Waals surface area contributed by atoms with Crippen molar-refractivity contribution in [1.82, 2.24) is 5.43 Å². The number of rotatable bonds is 4. The van der Waals surface area contributed by atoms with Gasteiger partial charge in [0.25, 0.3) is 0 Å². The zero-order chi connectivity index (χ0) is 13.9. The van der Waals surface area contributed by atoms with Crippen LogP contribution in [0.5, 0.6) is 11.5 Å². The van der Waals surface area contributed by atoms with Crippen LogP contribution in [0.1, 0.15) is 16.5 Å². The lowest BCUT2D eigenvalue weighted by Crippen LogP contribution is -2.29. The van der Waals surface area contributed by atoms with Gasteiger partial charge in [-0.3, -0.25) is 11.3 Å². The summed E-state index contributed by atoms with van der Waals surface area (Å²) in [6.45, 7) is 1.20. The molecule has 4 nitrogen and oxygen atoms in total. The van der Waals surface area contributed by atoms with Crippen LogP contribution in [-0.2, 0) is 6.42 Å². The fourth-order valence-corrected chi connectivity index (χ4v) is 3.74. The molecule has 0 saturated heterocycles. The summed E-state index contributed by atoms with van der Waals surface area (Å²) in [7, 11) is 0. The van der Waals surface area contributed by atoms with E-state index in [2.05, 4.69) is 33.5 Å². The summed E-state index contributed by atoms with van der Waals surface area (Å²) in [6.07, 6.45) is 0.840. The number of fused-ring (bicyclic) bond motifs is 1. The lowest BCUT2D eigenvalue weighted by atomic mass is 10.0. The molecule has 0 fully saturated rings. The van der Waals surface area contributed by atoms with Crippen molar-refractivity contribution in [2.75, 3.05) is 13.2 Å². The third-order valence-corrected chi connectivity index (χ3v) is 4.85. The van der Waals surface area contributed by atoms with E-state index in [1.54, 1.807) is 11.3 Å². The normalized spacial score (nSPS) is 15.1. The Bertz CT molecular complexity index is 603. The average Bonchev–Trinajstić information content (AvgIpc) is 2.89. The van der Waals surface area contributed by atoms with E-state index in [0.29, 0.717) is 13.2 Å². The monoisotopic (exact) mass is 354 g/mol. The Morgan fingerprint density at radius 3 is 2.70 bits per heavy atom. The van der Waals surface area contributed by atoms with Gasteiger partial charge in [0.15, 0.2) is 11.5 Å². The zero-order valence-corrected chi connectivity index (χ0v) is 13.2. The van der Waals surface area contributed by atoms with E-state index in [1.807, 2.05) is 18.2 Å². The van der Waals surface area contributed by atoms with Gasteiger partial charge in [0.2, 0.25) is 0 Å². The average molecular weight is 355 g/mol. The van der Waals surface area contributed by atoms with Crippen LogP contribution in [0, 0.1) is 0 Å². The zero-order valence-electron chi connectivity index (χ0n) is 10.8. The van der Waals surface area contributed by atoms with E-state index in [0.717, 1.165) is 27.3 Å². The second kappa shape index (κ2) is 6.13. The second-order valence-corrected chi connectivity index (χ2v) is 7.08. The van der Waals surface area contributed by atoms with Crippen molar-refractivity contribution < 1.29 is 9.47 Å². The highest BCUT2D eigenvalue weighted by Gasteiger charge is 2.17. The predicted molar refractivity (Wildman–Crippen MR) is 83.2 cm³/mol. The van der Waals surface area contributed by atoms with Crippen molar-refractivity contribution in [3.05, 3.63) is 44.6 Å². The molecular weight excluding hydrogens is 340 g/mol. The van der Waals surface area contributed by atoms with E-state index in [4.69, 9.17) is 15.3 Å². The van der Waals surface area contributed by atoms with Crippen LogP contribution in [-0.4, -0.2) is 13.2 Å². The SMILES string of the molecule is NNC(Cc1ccc(Br)s1)c1ccc2c(c1)OCCO2. The molecule has 3 N–H and O–H groups in total. The first-order chi connectivity index (χ1) is 9.76. The van der Waals surface area contributed by atoms with Gasteiger partial charge >= 0.3 is 0 Å². The Morgan fingerprint density at radius 2 is 2.00 bits per heavy atom. The third-order valence-electron chi connectivity index (χ3n) is 3.20. The molecule has 0 spiro atoms. The van der Waals surface area contributed by atoms with Gasteiger partial charge in [-0.05, 0) is 45.8 Å². The highest BCUT2D eigenvalue weighted by Crippen LogP contribution is 2.34. The van der Waals surface area contributed by atoms with E-state index < -0.39 is 0 Å². The molecule has 2 heterocycles. The van der Waals surface area contributed by atoms with Crippen LogP contribution in [0.2, 0.25) is 0 Å². The summed E-state index contributed by atoms with van der Waals surface area (Å²) in [5.41, 5.74) is 3.98. The molecule has 1 aliphatic heterocycles. The lowest BCUT2D eigenvalue weighted by Gasteiger charge is -2.21. The Labute approximate surface area is 130 Å². The number of ether oxygens (including phenoxy) is 2. The maximum Gasteiger partial charge on any atom is 0.161 e. The van der Waals surface area contributed by atoms with Crippen LogP contribution in [0.15, 0.2) is 34.1 Å². The van der Waals surface area contributed by atoms with Crippen LogP contribution < -0.4 is 20.7 Å². The summed E-state index contributed by atoms with van der Waals surface area (Å²) in [4.78, 5) is 1.27. The smallest absolute Gasteiger partial charge is 0.161 e. The van der Waals surface area contributed by atoms with Crippen molar-refractivity contribution in [3.63, 3.8) is 0 Å². The minimum absolute atomic E-state index is 0.0522. The number of thiophene rings is 1. The maximum absolute atomic E-state index is 5.71. The Kier molecular flexibility index (Phi) is 4.26. The van der Waals surface area contributed by atoms with Gasteiger partial charge in [0.1, 0.15) is 13.2 Å². The summed E-state index contributed by atoms with van der Waals surface area (Å²) in [6, 6.07) is 10.2. The van der Waals surface area contributed by atoms with Crippen LogP contribution >= 0.6 is 27.3 Å². The van der Waals surface area contributed by atoms with Crippen molar-refractivity contribution >= 4 is 27.3 Å². The Hall–Kier alpha value is -1.08. The van der Waals surface area contributed by atoms with E-state index in [9.17, 15) is 0 Å². The molecule has 1 aromatic heterocycles. The lowest BCUT2D eigenvalue weighted by molar-refractivity contribution is 0.171. The van der Waals surface area contributed by atoms with Gasteiger partial charge in [0.05, 0.1) is 9.83 Å². The van der Waals surface area contributed by atoms with Gasteiger partial charge in [0, 0.05) is 11.3 Å². The number of nitrogens with one attached hydrogen (secondary N) is 1. The molecule has 0 radical (unpaired) electrons. The standard InChI is InChI=1S/C14H15BrN2O2S/c15-14-4-2-10(20-14)8-11(17-16)9-1-3-12-13(7-9)19-6-5-18-12/h1-4,7,11,17H,5-6,8,16H2. The Morgan fingerprint density at radius 1 is 1.20 bits per heavy atom. The maximum atomic E-state index is 5.71. The fourth-order valence-electron chi connectivity index (χ4n) is 2.21. The molecule has 0 aliphatic carbocycles. The number of hydrogen-bond donors (Lipinski definition) is 2. The molecule has 20 heavy (non-hydrogen) atoms. The summed E-state index contributed by atoms with van der Waals surface area (Å²) in [5.74, 6) is 7.30. The molecule has 1 aromatic carbocycles. The highest BCUT2D eigenvalue weighted by molar-refractivity contribution is 9.11. The minimum atomic E-state index is 0.0522. The molecule has 2 aromatic rings. The molecule has 0 amide bonds. The first kappa shape index (κ1) is 13.9. The van der Waals surface area contributed by atoms with Crippen molar-refractivity contribution in [2.45, 2.75) is 12.5 Å². The first-order valence-corrected chi connectivity index (χ1v) is 7.97. The largest absolute Gasteiger partial charge is 0.486 e. The van der Waals surface area contributed by atoms with E-state index >= 15 is 0 Å². The van der Waals surface area contributed by atoms with Crippen LogP contribution in [0.3, 0.4) is 0 Å². The van der Waals surface area contributed by atoms with Gasteiger partial charge in [-0.1, -0.05) is 6.07 Å². The van der Waals surface area contributed by atoms with Gasteiger partial charge in [-0.25, -0.2) is 0 Å². The molecule has 0 saturated carbocycles. The summed E-state index contributed by atoms with van der Waals surface area (Å²) in [5, 5.41) is 0. The molecule has 6 heteroatoms. The molecule has 3 rings (SSSR count). The fraction of sp³-hybridized carbons (Fsp3) is 0.286. The number of hydrazine groups is 1. The number of benzene rings is 1. The molecule has 1 unspecified atom stereocenters. The minimum Gasteiger partial charge on any atom is -0.486 e.